The summed E-state index contributed by atoms with van der Waals surface area (Å²) in [6.45, 7) is 9.87. The van der Waals surface area contributed by atoms with E-state index in [1.807, 2.05) is 18.2 Å². The van der Waals surface area contributed by atoms with Crippen molar-refractivity contribution in [2.45, 2.75) is 57.8 Å². The molecule has 23 heavy (non-hydrogen) atoms. The number of hydrogen-bond acceptors (Lipinski definition) is 5. The molecule has 2 heterocycles. The Labute approximate surface area is 138 Å². The third-order valence-corrected chi connectivity index (χ3v) is 5.36. The van der Waals surface area contributed by atoms with Crippen LogP contribution in [0.25, 0.3) is 0 Å². The first kappa shape index (κ1) is 16.6. The fraction of sp³-hybridized carbons (Fsp3) is 0.647. The van der Waals surface area contributed by atoms with Crippen LogP contribution >= 0.6 is 0 Å². The highest BCUT2D eigenvalue weighted by atomic mass is 16.7. The number of nitrogen functional groups attached to an aromatic ring is 1. The summed E-state index contributed by atoms with van der Waals surface area (Å²) in [5, 5.41) is 9.74. The largest absolute Gasteiger partial charge is 0.497 e. The second-order valence-electron chi connectivity index (χ2n) is 7.62. The van der Waals surface area contributed by atoms with Crippen molar-refractivity contribution < 1.29 is 14.4 Å². The van der Waals surface area contributed by atoms with Gasteiger partial charge in [-0.3, -0.25) is 0 Å². The monoisotopic (exact) mass is 318 g/mol. The molecule has 0 aromatic heterocycles. The van der Waals surface area contributed by atoms with E-state index in [0.29, 0.717) is 5.69 Å². The lowest BCUT2D eigenvalue weighted by Crippen LogP contribution is -2.43. The summed E-state index contributed by atoms with van der Waals surface area (Å²) in [4.78, 5) is 2.28. The molecule has 0 unspecified atom stereocenters. The van der Waals surface area contributed by atoms with Crippen molar-refractivity contribution >= 4 is 24.0 Å². The number of aliphatic hydroxyl groups excluding tert-OH is 1. The number of nitrogens with zero attached hydrogens (tertiary/aromatic N) is 1. The Morgan fingerprint density at radius 1 is 1.13 bits per heavy atom. The predicted octanol–water partition coefficient (Wildman–Crippen LogP) is 1.53. The molecule has 0 aliphatic carbocycles. The van der Waals surface area contributed by atoms with Crippen LogP contribution in [-0.2, 0) is 9.31 Å². The molecule has 0 radical (unpaired) electrons. The fourth-order valence-electron chi connectivity index (χ4n) is 3.13. The Bertz CT molecular complexity index is 567. The van der Waals surface area contributed by atoms with Crippen LogP contribution in [0.4, 0.5) is 11.4 Å². The molecule has 0 saturated carbocycles. The van der Waals surface area contributed by atoms with Gasteiger partial charge in [-0.1, -0.05) is 0 Å². The minimum absolute atomic E-state index is 0.194. The first-order valence-corrected chi connectivity index (χ1v) is 8.38. The highest BCUT2D eigenvalue weighted by molar-refractivity contribution is 6.64. The molecule has 2 aliphatic rings. The molecule has 2 aliphatic heterocycles. The summed E-state index contributed by atoms with van der Waals surface area (Å²) >= 11 is 0. The van der Waals surface area contributed by atoms with Crippen LogP contribution in [0, 0.1) is 0 Å². The summed E-state index contributed by atoms with van der Waals surface area (Å²) in [6, 6.07) is 5.89. The minimum atomic E-state index is -0.426. The van der Waals surface area contributed by atoms with E-state index in [1.165, 1.54) is 0 Å². The van der Waals surface area contributed by atoms with Gasteiger partial charge in [0.05, 0.1) is 17.3 Å². The first-order valence-electron chi connectivity index (χ1n) is 8.38. The van der Waals surface area contributed by atoms with Gasteiger partial charge in [-0.25, -0.2) is 0 Å². The Morgan fingerprint density at radius 2 is 1.70 bits per heavy atom. The number of piperidine rings is 1. The van der Waals surface area contributed by atoms with Gasteiger partial charge in [-0.05, 0) is 58.7 Å². The second kappa shape index (κ2) is 5.69. The highest BCUT2D eigenvalue weighted by Crippen LogP contribution is 2.37. The van der Waals surface area contributed by atoms with Crippen molar-refractivity contribution in [1.82, 2.24) is 0 Å². The van der Waals surface area contributed by atoms with E-state index >= 15 is 0 Å². The smallest absolute Gasteiger partial charge is 0.399 e. The number of aliphatic hydroxyl groups is 1. The van der Waals surface area contributed by atoms with Gasteiger partial charge in [0.15, 0.2) is 0 Å². The molecule has 2 fully saturated rings. The normalized spacial score (nSPS) is 24.2. The highest BCUT2D eigenvalue weighted by Gasteiger charge is 2.52. The lowest BCUT2D eigenvalue weighted by atomic mass is 9.77. The van der Waals surface area contributed by atoms with Crippen molar-refractivity contribution in [1.29, 1.82) is 0 Å². The number of benzene rings is 1. The zero-order valence-corrected chi connectivity index (χ0v) is 14.5. The van der Waals surface area contributed by atoms with Gasteiger partial charge in [0.1, 0.15) is 0 Å². The van der Waals surface area contributed by atoms with Gasteiger partial charge in [-0.2, -0.15) is 0 Å². The number of nitrogens with two attached hydrogens (primary N) is 1. The van der Waals surface area contributed by atoms with E-state index in [-0.39, 0.29) is 17.3 Å². The lowest BCUT2D eigenvalue weighted by Gasteiger charge is -2.33. The SMILES string of the molecule is CC1(C)OB(c2cc(N)ccc2N2CCC(O)CC2)OC1(C)C. The summed E-state index contributed by atoms with van der Waals surface area (Å²) in [5.74, 6) is 0. The van der Waals surface area contributed by atoms with Crippen LogP contribution in [0.3, 0.4) is 0 Å². The van der Waals surface area contributed by atoms with Crippen LogP contribution < -0.4 is 16.1 Å². The maximum absolute atomic E-state index is 9.74. The molecule has 0 amide bonds. The quantitative estimate of drug-likeness (QED) is 0.639. The third-order valence-electron chi connectivity index (χ3n) is 5.36. The van der Waals surface area contributed by atoms with Gasteiger partial charge in [0.25, 0.3) is 0 Å². The Kier molecular flexibility index (Phi) is 4.11. The number of hydrogen-bond donors (Lipinski definition) is 2. The second-order valence-corrected chi connectivity index (χ2v) is 7.62. The van der Waals surface area contributed by atoms with Gasteiger partial charge < -0.3 is 25.0 Å². The molecule has 1 aromatic carbocycles. The molecule has 5 nitrogen and oxygen atoms in total. The van der Waals surface area contributed by atoms with Crippen molar-refractivity contribution in [3.05, 3.63) is 18.2 Å². The zero-order valence-electron chi connectivity index (χ0n) is 14.5. The van der Waals surface area contributed by atoms with E-state index in [1.54, 1.807) is 0 Å². The molecular weight excluding hydrogens is 291 g/mol. The molecule has 126 valence electrons. The van der Waals surface area contributed by atoms with Gasteiger partial charge in [-0.15, -0.1) is 0 Å². The van der Waals surface area contributed by atoms with E-state index < -0.39 is 7.12 Å². The van der Waals surface area contributed by atoms with E-state index in [0.717, 1.165) is 37.1 Å². The molecule has 0 atom stereocenters. The molecule has 1 aromatic rings. The van der Waals surface area contributed by atoms with E-state index in [2.05, 4.69) is 32.6 Å². The number of anilines is 2. The molecule has 0 bridgehead atoms. The van der Waals surface area contributed by atoms with Gasteiger partial charge in [0, 0.05) is 29.9 Å². The van der Waals surface area contributed by atoms with Gasteiger partial charge >= 0.3 is 7.12 Å². The van der Waals surface area contributed by atoms with Crippen molar-refractivity contribution in [3.8, 4) is 0 Å². The third kappa shape index (κ3) is 3.07. The number of rotatable bonds is 2. The fourth-order valence-corrected chi connectivity index (χ4v) is 3.13. The molecule has 2 saturated heterocycles. The van der Waals surface area contributed by atoms with E-state index in [4.69, 9.17) is 15.0 Å². The molecule has 6 heteroatoms. The van der Waals surface area contributed by atoms with Crippen LogP contribution in [0.5, 0.6) is 0 Å². The van der Waals surface area contributed by atoms with Crippen molar-refractivity contribution in [3.63, 3.8) is 0 Å². The van der Waals surface area contributed by atoms with Crippen LogP contribution in [-0.4, -0.2) is 42.6 Å². The Balaban J connectivity index is 1.92. The van der Waals surface area contributed by atoms with Crippen LogP contribution in [0.2, 0.25) is 0 Å². The zero-order chi connectivity index (χ0) is 16.8. The summed E-state index contributed by atoms with van der Waals surface area (Å²) < 4.78 is 12.4. The Hall–Kier alpha value is -1.24. The summed E-state index contributed by atoms with van der Waals surface area (Å²) in [7, 11) is -0.426. The average Bonchev–Trinajstić information content (AvgIpc) is 2.68. The average molecular weight is 318 g/mol. The first-order chi connectivity index (χ1) is 10.7. The van der Waals surface area contributed by atoms with Crippen molar-refractivity contribution in [2.24, 2.45) is 0 Å². The van der Waals surface area contributed by atoms with Gasteiger partial charge in [0.2, 0.25) is 0 Å². The molecule has 3 rings (SSSR count). The predicted molar refractivity (Wildman–Crippen MR) is 94.0 cm³/mol. The maximum Gasteiger partial charge on any atom is 0.497 e. The standard InChI is InChI=1S/C17H27BN2O3/c1-16(2)17(3,4)23-18(22-16)14-11-12(19)5-6-15(14)20-9-7-13(21)8-10-20/h5-6,11,13,21H,7-10,19H2,1-4H3. The lowest BCUT2D eigenvalue weighted by molar-refractivity contribution is 0.00578. The Morgan fingerprint density at radius 3 is 2.26 bits per heavy atom. The topological polar surface area (TPSA) is 68.0 Å². The van der Waals surface area contributed by atoms with E-state index in [9.17, 15) is 5.11 Å². The molecule has 3 N–H and O–H groups in total. The van der Waals surface area contributed by atoms with Crippen LogP contribution in [0.15, 0.2) is 18.2 Å². The van der Waals surface area contributed by atoms with Crippen LogP contribution in [0.1, 0.15) is 40.5 Å². The molecule has 0 spiro atoms. The maximum atomic E-state index is 9.74. The summed E-state index contributed by atoms with van der Waals surface area (Å²) in [5.41, 5.74) is 8.02. The summed E-state index contributed by atoms with van der Waals surface area (Å²) in [6.07, 6.45) is 1.38. The molecular formula is C17H27BN2O3. The minimum Gasteiger partial charge on any atom is -0.399 e. The van der Waals surface area contributed by atoms with Crippen molar-refractivity contribution in [2.75, 3.05) is 23.7 Å².